The predicted octanol–water partition coefficient (Wildman–Crippen LogP) is 1.69. The molecular weight excluding hydrogens is 331 g/mol. The molecule has 2 N–H and O–H groups in total. The molecule has 120 valence electrons. The van der Waals surface area contributed by atoms with Crippen molar-refractivity contribution in [2.24, 2.45) is 0 Å². The van der Waals surface area contributed by atoms with Crippen LogP contribution >= 0.6 is 11.6 Å². The summed E-state index contributed by atoms with van der Waals surface area (Å²) in [5, 5.41) is -0.137. The number of esters is 1. The number of hydrogen-bond donors (Lipinski definition) is 2. The summed E-state index contributed by atoms with van der Waals surface area (Å²) in [6, 6.07) is 6.02. The first-order valence-electron chi connectivity index (χ1n) is 6.22. The summed E-state index contributed by atoms with van der Waals surface area (Å²) in [7, 11) is 0. The van der Waals surface area contributed by atoms with Gasteiger partial charge in [0.05, 0.1) is 16.8 Å². The Labute approximate surface area is 134 Å². The molecule has 7 nitrogen and oxygen atoms in total. The largest absolute Gasteiger partial charge is 0.459 e. The normalized spacial score (nSPS) is 10.0. The van der Waals surface area contributed by atoms with Crippen molar-refractivity contribution in [2.75, 3.05) is 6.61 Å². The van der Waals surface area contributed by atoms with E-state index in [4.69, 9.17) is 20.8 Å². The maximum absolute atomic E-state index is 12.9. The van der Waals surface area contributed by atoms with Gasteiger partial charge in [0.2, 0.25) is 0 Å². The van der Waals surface area contributed by atoms with Gasteiger partial charge in [0, 0.05) is 0 Å². The molecule has 1 aromatic heterocycles. The molecule has 2 amide bonds. The predicted molar refractivity (Wildman–Crippen MR) is 76.0 cm³/mol. The van der Waals surface area contributed by atoms with Crippen LogP contribution in [0.25, 0.3) is 0 Å². The van der Waals surface area contributed by atoms with Crippen molar-refractivity contribution in [3.05, 3.63) is 58.8 Å². The third-order valence-corrected chi connectivity index (χ3v) is 2.86. The van der Waals surface area contributed by atoms with Crippen molar-refractivity contribution >= 4 is 29.4 Å². The molecule has 0 aliphatic rings. The summed E-state index contributed by atoms with van der Waals surface area (Å²) in [6.45, 7) is -0.662. The van der Waals surface area contributed by atoms with Crippen LogP contribution in [0.1, 0.15) is 20.9 Å². The number of halogens is 2. The number of amides is 2. The van der Waals surface area contributed by atoms with Crippen molar-refractivity contribution in [3.63, 3.8) is 0 Å². The topological polar surface area (TPSA) is 97.6 Å². The smallest absolute Gasteiger partial charge is 0.340 e. The minimum Gasteiger partial charge on any atom is -0.459 e. The number of hydrazine groups is 1. The third kappa shape index (κ3) is 4.55. The first-order valence-corrected chi connectivity index (χ1v) is 6.60. The van der Waals surface area contributed by atoms with E-state index in [1.165, 1.54) is 18.4 Å². The van der Waals surface area contributed by atoms with E-state index >= 15 is 0 Å². The number of nitrogens with one attached hydrogen (secondary N) is 2. The van der Waals surface area contributed by atoms with Gasteiger partial charge < -0.3 is 9.15 Å². The average molecular weight is 341 g/mol. The third-order valence-electron chi connectivity index (χ3n) is 2.55. The fourth-order valence-corrected chi connectivity index (χ4v) is 1.74. The van der Waals surface area contributed by atoms with Crippen molar-refractivity contribution < 1.29 is 27.9 Å². The molecule has 0 spiro atoms. The van der Waals surface area contributed by atoms with Crippen LogP contribution in [-0.4, -0.2) is 24.4 Å². The van der Waals surface area contributed by atoms with Crippen LogP contribution < -0.4 is 10.9 Å². The lowest BCUT2D eigenvalue weighted by atomic mass is 10.2. The Bertz CT molecular complexity index is 733. The average Bonchev–Trinajstić information content (AvgIpc) is 3.04. The Morgan fingerprint density at radius 3 is 2.65 bits per heavy atom. The summed E-state index contributed by atoms with van der Waals surface area (Å²) in [5.74, 6) is -2.96. The van der Waals surface area contributed by atoms with Crippen molar-refractivity contribution in [2.45, 2.75) is 0 Å². The molecule has 0 fully saturated rings. The van der Waals surface area contributed by atoms with Crippen LogP contribution in [0.2, 0.25) is 5.02 Å². The molecule has 0 aliphatic carbocycles. The Morgan fingerprint density at radius 1 is 1.22 bits per heavy atom. The van der Waals surface area contributed by atoms with Gasteiger partial charge in [0.25, 0.3) is 5.91 Å². The fraction of sp³-hybridized carbons (Fsp3) is 0.0714. The fourth-order valence-electron chi connectivity index (χ4n) is 1.50. The molecule has 0 radical (unpaired) electrons. The van der Waals surface area contributed by atoms with Gasteiger partial charge in [0.1, 0.15) is 5.82 Å². The maximum Gasteiger partial charge on any atom is 0.340 e. The van der Waals surface area contributed by atoms with Crippen LogP contribution in [0.5, 0.6) is 0 Å². The number of carbonyl (C=O) groups excluding carboxylic acids is 3. The highest BCUT2D eigenvalue weighted by Crippen LogP contribution is 2.17. The molecule has 1 heterocycles. The lowest BCUT2D eigenvalue weighted by Crippen LogP contribution is -2.43. The van der Waals surface area contributed by atoms with Gasteiger partial charge >= 0.3 is 11.9 Å². The zero-order valence-corrected chi connectivity index (χ0v) is 12.2. The number of rotatable bonds is 4. The molecule has 0 saturated carbocycles. The van der Waals surface area contributed by atoms with Crippen LogP contribution in [-0.2, 0) is 9.53 Å². The van der Waals surface area contributed by atoms with E-state index < -0.39 is 30.2 Å². The van der Waals surface area contributed by atoms with E-state index in [0.29, 0.717) is 0 Å². The molecule has 0 atom stereocenters. The van der Waals surface area contributed by atoms with E-state index in [1.54, 1.807) is 0 Å². The standard InChI is InChI=1S/C14H10ClFN2O5/c15-10-6-8(16)3-4-9(10)14(21)23-7-12(19)17-18-13(20)11-2-1-5-22-11/h1-6H,7H2,(H,17,19)(H,18,20). The van der Waals surface area contributed by atoms with Gasteiger partial charge in [-0.25, -0.2) is 9.18 Å². The summed E-state index contributed by atoms with van der Waals surface area (Å²) < 4.78 is 22.4. The quantitative estimate of drug-likeness (QED) is 0.652. The molecule has 0 aliphatic heterocycles. The second kappa shape index (κ2) is 7.41. The summed E-state index contributed by atoms with van der Waals surface area (Å²) in [4.78, 5) is 34.6. The van der Waals surface area contributed by atoms with Gasteiger partial charge in [-0.05, 0) is 30.3 Å². The van der Waals surface area contributed by atoms with E-state index in [9.17, 15) is 18.8 Å². The molecule has 1 aromatic carbocycles. The van der Waals surface area contributed by atoms with E-state index in [-0.39, 0.29) is 16.3 Å². The monoisotopic (exact) mass is 340 g/mol. The van der Waals surface area contributed by atoms with Gasteiger partial charge in [-0.15, -0.1) is 0 Å². The number of hydrogen-bond acceptors (Lipinski definition) is 5. The van der Waals surface area contributed by atoms with E-state index in [2.05, 4.69) is 5.43 Å². The Kier molecular flexibility index (Phi) is 5.32. The molecule has 0 saturated heterocycles. The van der Waals surface area contributed by atoms with E-state index in [1.807, 2.05) is 5.43 Å². The molecule has 2 aromatic rings. The highest BCUT2D eigenvalue weighted by molar-refractivity contribution is 6.33. The van der Waals surface area contributed by atoms with Crippen molar-refractivity contribution in [3.8, 4) is 0 Å². The second-order valence-corrected chi connectivity index (χ2v) is 4.59. The highest BCUT2D eigenvalue weighted by atomic mass is 35.5. The Hall–Kier alpha value is -2.87. The van der Waals surface area contributed by atoms with Gasteiger partial charge in [-0.1, -0.05) is 11.6 Å². The molecule has 23 heavy (non-hydrogen) atoms. The van der Waals surface area contributed by atoms with Gasteiger partial charge in [0.15, 0.2) is 12.4 Å². The molecule has 9 heteroatoms. The van der Waals surface area contributed by atoms with Crippen molar-refractivity contribution in [1.29, 1.82) is 0 Å². The Morgan fingerprint density at radius 2 is 2.00 bits per heavy atom. The second-order valence-electron chi connectivity index (χ2n) is 4.18. The molecular formula is C14H10ClFN2O5. The first-order chi connectivity index (χ1) is 11.0. The minimum absolute atomic E-state index is 0.000360. The van der Waals surface area contributed by atoms with Gasteiger partial charge in [-0.3, -0.25) is 20.4 Å². The highest BCUT2D eigenvalue weighted by Gasteiger charge is 2.15. The lowest BCUT2D eigenvalue weighted by molar-refractivity contribution is -0.125. The van der Waals surface area contributed by atoms with Crippen LogP contribution in [0.3, 0.4) is 0 Å². The minimum atomic E-state index is -0.900. The number of benzene rings is 1. The first kappa shape index (κ1) is 16.5. The molecule has 0 unspecified atom stereocenters. The lowest BCUT2D eigenvalue weighted by Gasteiger charge is -2.08. The summed E-state index contributed by atoms with van der Waals surface area (Å²) >= 11 is 5.69. The maximum atomic E-state index is 12.9. The summed E-state index contributed by atoms with van der Waals surface area (Å²) in [5.41, 5.74) is 4.02. The Balaban J connectivity index is 1.80. The number of furan rings is 1. The zero-order valence-electron chi connectivity index (χ0n) is 11.5. The van der Waals surface area contributed by atoms with Gasteiger partial charge in [-0.2, -0.15) is 0 Å². The zero-order chi connectivity index (χ0) is 16.8. The molecule has 0 bridgehead atoms. The number of carbonyl (C=O) groups is 3. The van der Waals surface area contributed by atoms with Crippen LogP contribution in [0.15, 0.2) is 41.0 Å². The summed E-state index contributed by atoms with van der Waals surface area (Å²) in [6.07, 6.45) is 1.30. The van der Waals surface area contributed by atoms with Crippen molar-refractivity contribution in [1.82, 2.24) is 10.9 Å². The van der Waals surface area contributed by atoms with Crippen LogP contribution in [0.4, 0.5) is 4.39 Å². The van der Waals surface area contributed by atoms with E-state index in [0.717, 1.165) is 18.2 Å². The van der Waals surface area contributed by atoms with Crippen LogP contribution in [0, 0.1) is 5.82 Å². The molecule has 2 rings (SSSR count). The number of ether oxygens (including phenoxy) is 1. The SMILES string of the molecule is O=C(COC(=O)c1ccc(F)cc1Cl)NNC(=O)c1ccco1.